The highest BCUT2D eigenvalue weighted by atomic mass is 35.5. The summed E-state index contributed by atoms with van der Waals surface area (Å²) < 4.78 is 7.66. The quantitative estimate of drug-likeness (QED) is 0.485. The molecular weight excluding hydrogens is 398 g/mol. The largest absolute Gasteiger partial charge is 0.380 e. The molecule has 2 aromatic heterocycles. The van der Waals surface area contributed by atoms with Crippen molar-refractivity contribution in [2.24, 2.45) is 0 Å². The van der Waals surface area contributed by atoms with E-state index in [2.05, 4.69) is 37.7 Å². The number of hydrogen-bond acceptors (Lipinski definition) is 5. The Hall–Kier alpha value is -2.54. The molecule has 0 radical (unpaired) electrons. The summed E-state index contributed by atoms with van der Waals surface area (Å²) in [7, 11) is 1.80. The summed E-state index contributed by atoms with van der Waals surface area (Å²) in [5, 5.41) is 9.54. The number of likely N-dealkylation sites (tertiary alicyclic amines) is 1. The van der Waals surface area contributed by atoms with Gasteiger partial charge in [-0.2, -0.15) is 0 Å². The minimum absolute atomic E-state index is 0.319. The van der Waals surface area contributed by atoms with Gasteiger partial charge in [-0.1, -0.05) is 29.8 Å². The maximum Gasteiger partial charge on any atom is 0.183 e. The van der Waals surface area contributed by atoms with Gasteiger partial charge in [0, 0.05) is 25.8 Å². The van der Waals surface area contributed by atoms with Crippen molar-refractivity contribution in [1.29, 1.82) is 0 Å². The monoisotopic (exact) mass is 421 g/mol. The molecule has 1 unspecified atom stereocenters. The summed E-state index contributed by atoms with van der Waals surface area (Å²) in [5.41, 5.74) is 5.62. The summed E-state index contributed by atoms with van der Waals surface area (Å²) >= 11 is 6.48. The van der Waals surface area contributed by atoms with Crippen LogP contribution in [0.15, 0.2) is 42.5 Å². The van der Waals surface area contributed by atoms with Gasteiger partial charge in [0.2, 0.25) is 0 Å². The first-order valence-electron chi connectivity index (χ1n) is 10.3. The van der Waals surface area contributed by atoms with E-state index in [9.17, 15) is 0 Å². The van der Waals surface area contributed by atoms with E-state index in [-0.39, 0.29) is 0 Å². The van der Waals surface area contributed by atoms with Crippen LogP contribution in [0.4, 0.5) is 0 Å². The van der Waals surface area contributed by atoms with Crippen molar-refractivity contribution >= 4 is 28.3 Å². The Morgan fingerprint density at radius 2 is 2.03 bits per heavy atom. The molecule has 4 aromatic rings. The number of benzene rings is 2. The Balaban J connectivity index is 1.62. The van der Waals surface area contributed by atoms with Gasteiger partial charge in [-0.25, -0.2) is 4.98 Å². The SMILES string of the molecule is COC1CCCN(Cc2ccc3nc(C)c4nnc(-c5ccccc5Cl)n4c3c2)C1. The van der Waals surface area contributed by atoms with Crippen molar-refractivity contribution in [1.82, 2.24) is 24.5 Å². The summed E-state index contributed by atoms with van der Waals surface area (Å²) in [6.45, 7) is 4.91. The molecule has 5 rings (SSSR count). The number of nitrogens with zero attached hydrogens (tertiary/aromatic N) is 5. The van der Waals surface area contributed by atoms with Gasteiger partial charge >= 0.3 is 0 Å². The highest BCUT2D eigenvalue weighted by Gasteiger charge is 2.20. The van der Waals surface area contributed by atoms with Crippen molar-refractivity contribution in [2.75, 3.05) is 20.2 Å². The second kappa shape index (κ2) is 7.95. The third-order valence-electron chi connectivity index (χ3n) is 5.87. The van der Waals surface area contributed by atoms with Crippen LogP contribution in [0.25, 0.3) is 28.1 Å². The van der Waals surface area contributed by atoms with Gasteiger partial charge in [-0.3, -0.25) is 9.30 Å². The molecule has 0 aliphatic carbocycles. The van der Waals surface area contributed by atoms with Crippen molar-refractivity contribution in [3.05, 3.63) is 58.7 Å². The minimum atomic E-state index is 0.319. The predicted octanol–water partition coefficient (Wildman–Crippen LogP) is 4.52. The van der Waals surface area contributed by atoms with E-state index in [1.54, 1.807) is 7.11 Å². The van der Waals surface area contributed by atoms with E-state index in [0.29, 0.717) is 11.1 Å². The molecule has 6 nitrogen and oxygen atoms in total. The van der Waals surface area contributed by atoms with Crippen LogP contribution in [-0.4, -0.2) is 50.8 Å². The van der Waals surface area contributed by atoms with Crippen LogP contribution < -0.4 is 0 Å². The number of fused-ring (bicyclic) bond motifs is 3. The lowest BCUT2D eigenvalue weighted by Crippen LogP contribution is -2.38. The molecule has 0 amide bonds. The van der Waals surface area contributed by atoms with Crippen LogP contribution in [0.3, 0.4) is 0 Å². The summed E-state index contributed by atoms with van der Waals surface area (Å²) in [5.74, 6) is 0.737. The molecule has 0 N–H and O–H groups in total. The lowest BCUT2D eigenvalue weighted by Gasteiger charge is -2.31. The van der Waals surface area contributed by atoms with Crippen molar-refractivity contribution < 1.29 is 4.74 Å². The highest BCUT2D eigenvalue weighted by molar-refractivity contribution is 6.33. The first-order valence-corrected chi connectivity index (χ1v) is 10.7. The third kappa shape index (κ3) is 3.45. The average Bonchev–Trinajstić information content (AvgIpc) is 3.21. The van der Waals surface area contributed by atoms with Crippen molar-refractivity contribution in [3.63, 3.8) is 0 Å². The molecule has 0 spiro atoms. The lowest BCUT2D eigenvalue weighted by molar-refractivity contribution is 0.0285. The smallest absolute Gasteiger partial charge is 0.183 e. The predicted molar refractivity (Wildman–Crippen MR) is 119 cm³/mol. The standard InChI is InChI=1S/C23H24ClN5O/c1-15-22-26-27-23(18-7-3-4-8-19(18)24)29(22)21-12-16(9-10-20(21)25-15)13-28-11-5-6-17(14-28)30-2/h3-4,7-10,12,17H,5-6,11,13-14H2,1-2H3. The number of hydrogen-bond donors (Lipinski definition) is 0. The van der Waals surface area contributed by atoms with Crippen LogP contribution in [0, 0.1) is 6.92 Å². The topological polar surface area (TPSA) is 55.5 Å². The summed E-state index contributed by atoms with van der Waals surface area (Å²) in [4.78, 5) is 7.21. The number of aromatic nitrogens is 4. The maximum absolute atomic E-state index is 6.48. The molecular formula is C23H24ClN5O. The number of methoxy groups -OCH3 is 1. The molecule has 3 heterocycles. The minimum Gasteiger partial charge on any atom is -0.380 e. The zero-order valence-electron chi connectivity index (χ0n) is 17.2. The number of aryl methyl sites for hydroxylation is 1. The Kier molecular flexibility index (Phi) is 5.15. The Bertz CT molecular complexity index is 1220. The molecule has 0 bridgehead atoms. The van der Waals surface area contributed by atoms with Gasteiger partial charge in [0.25, 0.3) is 0 Å². The lowest BCUT2D eigenvalue weighted by atomic mass is 10.1. The second-order valence-electron chi connectivity index (χ2n) is 7.92. The van der Waals surface area contributed by atoms with E-state index in [4.69, 9.17) is 21.3 Å². The van der Waals surface area contributed by atoms with Crippen LogP contribution in [0.1, 0.15) is 24.1 Å². The molecule has 154 valence electrons. The third-order valence-corrected chi connectivity index (χ3v) is 6.20. The van der Waals surface area contributed by atoms with Gasteiger partial charge in [0.05, 0.1) is 27.9 Å². The zero-order valence-corrected chi connectivity index (χ0v) is 17.9. The van der Waals surface area contributed by atoms with Crippen LogP contribution in [0.2, 0.25) is 5.02 Å². The molecule has 0 saturated carbocycles. The van der Waals surface area contributed by atoms with E-state index >= 15 is 0 Å². The summed E-state index contributed by atoms with van der Waals surface area (Å²) in [6.07, 6.45) is 2.62. The van der Waals surface area contributed by atoms with Gasteiger partial charge in [-0.15, -0.1) is 10.2 Å². The first-order chi connectivity index (χ1) is 14.6. The fourth-order valence-electron chi connectivity index (χ4n) is 4.34. The number of halogens is 1. The Morgan fingerprint density at radius 3 is 2.87 bits per heavy atom. The highest BCUT2D eigenvalue weighted by Crippen LogP contribution is 2.30. The fraction of sp³-hybridized carbons (Fsp3) is 0.348. The van der Waals surface area contributed by atoms with Crippen molar-refractivity contribution in [2.45, 2.75) is 32.4 Å². The van der Waals surface area contributed by atoms with Crippen LogP contribution >= 0.6 is 11.6 Å². The van der Waals surface area contributed by atoms with Gasteiger partial charge < -0.3 is 4.74 Å². The average molecular weight is 422 g/mol. The molecule has 1 aliphatic rings. The number of rotatable bonds is 4. The molecule has 2 aromatic carbocycles. The molecule has 1 atom stereocenters. The van der Waals surface area contributed by atoms with Gasteiger partial charge in [0.1, 0.15) is 0 Å². The van der Waals surface area contributed by atoms with Crippen molar-refractivity contribution in [3.8, 4) is 11.4 Å². The maximum atomic E-state index is 6.48. The molecule has 1 saturated heterocycles. The fourth-order valence-corrected chi connectivity index (χ4v) is 4.56. The van der Waals surface area contributed by atoms with E-state index in [1.807, 2.05) is 31.2 Å². The van der Waals surface area contributed by atoms with Crippen LogP contribution in [-0.2, 0) is 11.3 Å². The Labute approximate surface area is 180 Å². The number of ether oxygens (including phenoxy) is 1. The van der Waals surface area contributed by atoms with Gasteiger partial charge in [-0.05, 0) is 56.1 Å². The molecule has 30 heavy (non-hydrogen) atoms. The molecule has 1 aliphatic heterocycles. The first kappa shape index (κ1) is 19.4. The normalized spacial score (nSPS) is 17.8. The van der Waals surface area contributed by atoms with E-state index in [1.165, 1.54) is 12.0 Å². The van der Waals surface area contributed by atoms with Gasteiger partial charge in [0.15, 0.2) is 11.5 Å². The van der Waals surface area contributed by atoms with E-state index in [0.717, 1.165) is 59.8 Å². The second-order valence-corrected chi connectivity index (χ2v) is 8.33. The van der Waals surface area contributed by atoms with E-state index < -0.39 is 0 Å². The summed E-state index contributed by atoms with van der Waals surface area (Å²) in [6, 6.07) is 14.2. The Morgan fingerprint density at radius 1 is 1.17 bits per heavy atom. The number of piperidine rings is 1. The van der Waals surface area contributed by atoms with Crippen LogP contribution in [0.5, 0.6) is 0 Å². The molecule has 7 heteroatoms. The molecule has 1 fully saturated rings. The zero-order chi connectivity index (χ0) is 20.7.